The second-order valence-corrected chi connectivity index (χ2v) is 10.2. The summed E-state index contributed by atoms with van der Waals surface area (Å²) in [5.41, 5.74) is 2.64. The third-order valence-corrected chi connectivity index (χ3v) is 7.97. The Bertz CT molecular complexity index is 1230. The Kier molecular flexibility index (Phi) is 7.40. The van der Waals surface area contributed by atoms with Crippen molar-refractivity contribution in [3.8, 4) is 0 Å². The fraction of sp³-hybridized carbons (Fsp3) is 0.481. The molecule has 2 aromatic carbocycles. The first kappa shape index (κ1) is 26.5. The van der Waals surface area contributed by atoms with E-state index in [0.717, 1.165) is 54.4 Å². The predicted octanol–water partition coefficient (Wildman–Crippen LogP) is 6.44. The van der Waals surface area contributed by atoms with Crippen LogP contribution in [0, 0.1) is 19.3 Å². The monoisotopic (exact) mass is 519 g/mol. The van der Waals surface area contributed by atoms with Crippen LogP contribution in [0.3, 0.4) is 0 Å². The molecule has 9 heteroatoms. The maximum atomic E-state index is 13.4. The summed E-state index contributed by atoms with van der Waals surface area (Å²) < 4.78 is 40.3. The summed E-state index contributed by atoms with van der Waals surface area (Å²) in [6.07, 6.45) is -0.758. The Hall–Kier alpha value is -2.58. The molecule has 2 aliphatic heterocycles. The molecule has 2 fully saturated rings. The van der Waals surface area contributed by atoms with Gasteiger partial charge < -0.3 is 15.5 Å². The summed E-state index contributed by atoms with van der Waals surface area (Å²) in [5, 5.41) is 17.5. The number of benzene rings is 2. The first-order valence-corrected chi connectivity index (χ1v) is 12.3. The molecule has 3 aromatic rings. The van der Waals surface area contributed by atoms with Crippen LogP contribution in [0.25, 0.3) is 10.8 Å². The van der Waals surface area contributed by atoms with Crippen molar-refractivity contribution < 1.29 is 13.2 Å². The maximum absolute atomic E-state index is 13.4. The van der Waals surface area contributed by atoms with E-state index in [9.17, 15) is 13.2 Å². The summed E-state index contributed by atoms with van der Waals surface area (Å²) >= 11 is 0. The molecule has 1 aromatic heterocycles. The van der Waals surface area contributed by atoms with Crippen molar-refractivity contribution in [1.82, 2.24) is 15.5 Å². The highest BCUT2D eigenvalue weighted by Gasteiger charge is 2.37. The number of alkyl halides is 3. The number of nitrogens with zero attached hydrogens (tertiary/aromatic N) is 3. The minimum absolute atomic E-state index is 0. The predicted molar refractivity (Wildman–Crippen MR) is 141 cm³/mol. The summed E-state index contributed by atoms with van der Waals surface area (Å²) in [6, 6.07) is 10.3. The van der Waals surface area contributed by atoms with Crippen LogP contribution >= 0.6 is 12.4 Å². The van der Waals surface area contributed by atoms with Gasteiger partial charge in [0.15, 0.2) is 5.82 Å². The number of rotatable bonds is 4. The number of anilines is 2. The van der Waals surface area contributed by atoms with E-state index < -0.39 is 11.7 Å². The van der Waals surface area contributed by atoms with E-state index >= 15 is 0 Å². The van der Waals surface area contributed by atoms with Gasteiger partial charge in [-0.3, -0.25) is 0 Å². The molecular formula is C27H33ClF3N5. The molecule has 1 atom stereocenters. The Labute approximate surface area is 216 Å². The first-order valence-electron chi connectivity index (χ1n) is 12.3. The van der Waals surface area contributed by atoms with Crippen LogP contribution in [0.15, 0.2) is 36.4 Å². The van der Waals surface area contributed by atoms with E-state index in [-0.39, 0.29) is 24.0 Å². The van der Waals surface area contributed by atoms with E-state index in [4.69, 9.17) is 0 Å². The van der Waals surface area contributed by atoms with Gasteiger partial charge in [0.2, 0.25) is 0 Å². The molecule has 2 aliphatic rings. The van der Waals surface area contributed by atoms with E-state index in [0.29, 0.717) is 16.8 Å². The molecule has 1 unspecified atom stereocenters. The summed E-state index contributed by atoms with van der Waals surface area (Å²) in [6.45, 7) is 9.59. The van der Waals surface area contributed by atoms with E-state index in [1.807, 2.05) is 13.8 Å². The molecule has 36 heavy (non-hydrogen) atoms. The van der Waals surface area contributed by atoms with Crippen LogP contribution < -0.4 is 15.5 Å². The minimum atomic E-state index is -4.38. The average Bonchev–Trinajstić information content (AvgIpc) is 3.28. The Balaban J connectivity index is 0.00000304. The molecule has 5 nitrogen and oxygen atoms in total. The third-order valence-electron chi connectivity index (χ3n) is 7.97. The fourth-order valence-electron chi connectivity index (χ4n) is 5.75. The van der Waals surface area contributed by atoms with Gasteiger partial charge in [-0.15, -0.1) is 17.5 Å². The molecule has 0 amide bonds. The number of fused-ring (bicyclic) bond motifs is 1. The average molecular weight is 520 g/mol. The molecular weight excluding hydrogens is 487 g/mol. The third kappa shape index (κ3) is 4.98. The largest absolute Gasteiger partial charge is 0.416 e. The Morgan fingerprint density at radius 3 is 2.44 bits per heavy atom. The number of halogens is 4. The summed E-state index contributed by atoms with van der Waals surface area (Å²) in [4.78, 5) is 2.43. The zero-order chi connectivity index (χ0) is 24.8. The quantitative estimate of drug-likeness (QED) is 0.415. The normalized spacial score (nSPS) is 18.3. The second kappa shape index (κ2) is 10.1. The van der Waals surface area contributed by atoms with E-state index in [1.54, 1.807) is 6.07 Å². The number of aryl methyl sites for hydroxylation is 1. The highest BCUT2D eigenvalue weighted by Crippen LogP contribution is 2.40. The number of aromatic nitrogens is 2. The van der Waals surface area contributed by atoms with Crippen molar-refractivity contribution in [2.24, 2.45) is 5.41 Å². The lowest BCUT2D eigenvalue weighted by Crippen LogP contribution is -2.41. The lowest BCUT2D eigenvalue weighted by atomic mass is 9.78. The van der Waals surface area contributed by atoms with E-state index in [1.165, 1.54) is 32.3 Å². The number of hydrogen-bond donors (Lipinski definition) is 2. The Morgan fingerprint density at radius 2 is 1.78 bits per heavy atom. The molecule has 1 spiro atoms. The molecule has 2 N–H and O–H groups in total. The van der Waals surface area contributed by atoms with Crippen molar-refractivity contribution in [2.75, 3.05) is 36.4 Å². The van der Waals surface area contributed by atoms with Crippen molar-refractivity contribution in [1.29, 1.82) is 0 Å². The molecule has 194 valence electrons. The van der Waals surface area contributed by atoms with Crippen LogP contribution in [0.4, 0.5) is 24.7 Å². The van der Waals surface area contributed by atoms with Crippen LogP contribution in [0.1, 0.15) is 54.6 Å². The van der Waals surface area contributed by atoms with Gasteiger partial charge in [0.1, 0.15) is 0 Å². The molecule has 5 rings (SSSR count). The van der Waals surface area contributed by atoms with Gasteiger partial charge in [0.25, 0.3) is 0 Å². The fourth-order valence-corrected chi connectivity index (χ4v) is 5.75. The van der Waals surface area contributed by atoms with E-state index in [2.05, 4.69) is 43.9 Å². The minimum Gasteiger partial charge on any atom is -0.371 e. The lowest BCUT2D eigenvalue weighted by molar-refractivity contribution is -0.138. The van der Waals surface area contributed by atoms with Crippen LogP contribution in [0.5, 0.6) is 0 Å². The summed E-state index contributed by atoms with van der Waals surface area (Å²) in [7, 11) is 0. The molecule has 0 saturated carbocycles. The van der Waals surface area contributed by atoms with Crippen molar-refractivity contribution in [3.05, 3.63) is 58.8 Å². The van der Waals surface area contributed by atoms with Crippen LogP contribution in [-0.4, -0.2) is 36.4 Å². The Morgan fingerprint density at radius 1 is 1.03 bits per heavy atom. The zero-order valence-electron chi connectivity index (χ0n) is 20.9. The van der Waals surface area contributed by atoms with Gasteiger partial charge in [-0.1, -0.05) is 18.2 Å². The molecule has 2 saturated heterocycles. The number of hydrogen-bond acceptors (Lipinski definition) is 5. The van der Waals surface area contributed by atoms with Crippen LogP contribution in [-0.2, 0) is 6.18 Å². The van der Waals surface area contributed by atoms with Gasteiger partial charge >= 0.3 is 6.18 Å². The van der Waals surface area contributed by atoms with Gasteiger partial charge in [-0.2, -0.15) is 18.3 Å². The van der Waals surface area contributed by atoms with Crippen LogP contribution in [0.2, 0.25) is 0 Å². The summed E-state index contributed by atoms with van der Waals surface area (Å²) in [5.74, 6) is 0.588. The standard InChI is InChI=1S/C27H32F3N5.ClH/c1-17-21(5-4-6-24(17)27(28,29)30)18(2)32-25-23-15-20(7-8-22(23)19(3)33-34-25)35-13-10-26(11-14-35)9-12-31-16-26;/h4-8,15,18,31H,9-14,16H2,1-3H3,(H,32,34);1H. The van der Waals surface area contributed by atoms with Gasteiger partial charge in [-0.25, -0.2) is 0 Å². The van der Waals surface area contributed by atoms with Gasteiger partial charge in [-0.05, 0) is 81.3 Å². The molecule has 0 radical (unpaired) electrons. The molecule has 0 bridgehead atoms. The molecule has 3 heterocycles. The highest BCUT2D eigenvalue weighted by molar-refractivity contribution is 5.95. The maximum Gasteiger partial charge on any atom is 0.416 e. The lowest BCUT2D eigenvalue weighted by Gasteiger charge is -2.40. The topological polar surface area (TPSA) is 53.1 Å². The van der Waals surface area contributed by atoms with Crippen molar-refractivity contribution >= 4 is 34.7 Å². The van der Waals surface area contributed by atoms with Crippen molar-refractivity contribution in [2.45, 2.75) is 52.3 Å². The first-order chi connectivity index (χ1) is 16.7. The number of piperidine rings is 1. The van der Waals surface area contributed by atoms with Gasteiger partial charge in [0.05, 0.1) is 17.3 Å². The SMILES string of the molecule is Cc1c(C(C)Nc2nnc(C)c3ccc(N4CCC5(CCNC5)CC4)cc23)cccc1C(F)(F)F.Cl. The van der Waals surface area contributed by atoms with Gasteiger partial charge in [0, 0.05) is 36.1 Å². The second-order valence-electron chi connectivity index (χ2n) is 10.2. The highest BCUT2D eigenvalue weighted by atomic mass is 35.5. The number of nitrogens with one attached hydrogen (secondary N) is 2. The smallest absolute Gasteiger partial charge is 0.371 e. The van der Waals surface area contributed by atoms with Crippen molar-refractivity contribution in [3.63, 3.8) is 0 Å². The molecule has 0 aliphatic carbocycles. The zero-order valence-corrected chi connectivity index (χ0v) is 21.7.